The number of aromatic nitrogens is 1. The molecule has 0 aliphatic heterocycles. The number of nitrogens with one attached hydrogen (secondary N) is 1. The Kier molecular flexibility index (Phi) is 6.38. The second-order valence-electron chi connectivity index (χ2n) is 3.86. The van der Waals surface area contributed by atoms with Crippen LogP contribution >= 0.6 is 0 Å². The Morgan fingerprint density at radius 2 is 2.26 bits per heavy atom. The molecule has 1 rings (SSSR count). The largest absolute Gasteiger partial charge is 0.480 e. The van der Waals surface area contributed by atoms with Gasteiger partial charge in [0.15, 0.2) is 0 Å². The number of rotatable bonds is 9. The van der Waals surface area contributed by atoms with Crippen LogP contribution in [0.2, 0.25) is 0 Å². The molecule has 0 bridgehead atoms. The summed E-state index contributed by atoms with van der Waals surface area (Å²) in [5.41, 5.74) is 0.327. The number of carbonyl (C=O) groups is 2. The van der Waals surface area contributed by atoms with Crippen molar-refractivity contribution in [1.29, 1.82) is 0 Å². The number of carbonyl (C=O) groups excluding carboxylic acids is 1. The first-order valence-corrected chi connectivity index (χ1v) is 5.99. The van der Waals surface area contributed by atoms with Crippen molar-refractivity contribution in [1.82, 2.24) is 9.88 Å². The summed E-state index contributed by atoms with van der Waals surface area (Å²) in [6.07, 6.45) is 4.09. The standard InChI is InChI=1S/C13H18N2O4/c1-2-3-8-19-9-6-14-13(18)11-5-4-7-15(11)10-12(16)17/h2,4-5,7H,1,3,6,8-10H2,(H,14,18)(H,16,17). The van der Waals surface area contributed by atoms with Crippen LogP contribution in [0.4, 0.5) is 0 Å². The molecular formula is C13H18N2O4. The fourth-order valence-electron chi connectivity index (χ4n) is 1.50. The van der Waals surface area contributed by atoms with Crippen LogP contribution in [0.25, 0.3) is 0 Å². The summed E-state index contributed by atoms with van der Waals surface area (Å²) in [5, 5.41) is 11.4. The molecular weight excluding hydrogens is 248 g/mol. The summed E-state index contributed by atoms with van der Waals surface area (Å²) < 4.78 is 6.63. The van der Waals surface area contributed by atoms with E-state index in [1.807, 2.05) is 0 Å². The molecule has 6 heteroatoms. The van der Waals surface area contributed by atoms with Gasteiger partial charge in [0.1, 0.15) is 12.2 Å². The molecule has 0 saturated heterocycles. The topological polar surface area (TPSA) is 80.6 Å². The van der Waals surface area contributed by atoms with Gasteiger partial charge in [-0.25, -0.2) is 0 Å². The normalized spacial score (nSPS) is 10.1. The minimum absolute atomic E-state index is 0.231. The van der Waals surface area contributed by atoms with Crippen molar-refractivity contribution in [3.05, 3.63) is 36.7 Å². The summed E-state index contributed by atoms with van der Waals surface area (Å²) in [7, 11) is 0. The lowest BCUT2D eigenvalue weighted by molar-refractivity contribution is -0.137. The smallest absolute Gasteiger partial charge is 0.323 e. The van der Waals surface area contributed by atoms with Crippen molar-refractivity contribution in [2.75, 3.05) is 19.8 Å². The van der Waals surface area contributed by atoms with Crippen LogP contribution in [0.3, 0.4) is 0 Å². The molecule has 0 fully saturated rings. The molecule has 0 atom stereocenters. The number of carboxylic acid groups (broad SMARTS) is 1. The number of amides is 1. The van der Waals surface area contributed by atoms with Gasteiger partial charge in [-0.15, -0.1) is 6.58 Å². The molecule has 1 aromatic rings. The predicted octanol–water partition coefficient (Wildman–Crippen LogP) is 0.895. The number of hydrogen-bond acceptors (Lipinski definition) is 3. The number of aliphatic carboxylic acids is 1. The molecule has 1 heterocycles. The van der Waals surface area contributed by atoms with Gasteiger partial charge in [-0.05, 0) is 18.6 Å². The Hall–Kier alpha value is -2.08. The number of hydrogen-bond donors (Lipinski definition) is 2. The Morgan fingerprint density at radius 1 is 1.47 bits per heavy atom. The van der Waals surface area contributed by atoms with Gasteiger partial charge in [0.05, 0.1) is 13.2 Å². The van der Waals surface area contributed by atoms with Crippen LogP contribution in [0, 0.1) is 0 Å². The van der Waals surface area contributed by atoms with Crippen LogP contribution in [0.15, 0.2) is 31.0 Å². The van der Waals surface area contributed by atoms with Crippen LogP contribution in [-0.2, 0) is 16.1 Å². The zero-order chi connectivity index (χ0) is 14.1. The van der Waals surface area contributed by atoms with Crippen LogP contribution < -0.4 is 5.32 Å². The van der Waals surface area contributed by atoms with Gasteiger partial charge in [0.2, 0.25) is 0 Å². The van der Waals surface area contributed by atoms with Crippen molar-refractivity contribution in [2.45, 2.75) is 13.0 Å². The fraction of sp³-hybridized carbons (Fsp3) is 0.385. The monoisotopic (exact) mass is 266 g/mol. The van der Waals surface area contributed by atoms with E-state index in [1.54, 1.807) is 24.4 Å². The molecule has 6 nitrogen and oxygen atoms in total. The van der Waals surface area contributed by atoms with Crippen molar-refractivity contribution in [3.63, 3.8) is 0 Å². The second-order valence-corrected chi connectivity index (χ2v) is 3.86. The molecule has 0 aromatic carbocycles. The minimum atomic E-state index is -0.988. The third-order valence-electron chi connectivity index (χ3n) is 2.37. The predicted molar refractivity (Wildman–Crippen MR) is 70.0 cm³/mol. The Morgan fingerprint density at radius 3 is 2.95 bits per heavy atom. The molecule has 0 spiro atoms. The lowest BCUT2D eigenvalue weighted by Gasteiger charge is -2.08. The quantitative estimate of drug-likeness (QED) is 0.514. The van der Waals surface area contributed by atoms with E-state index in [0.29, 0.717) is 25.5 Å². The lowest BCUT2D eigenvalue weighted by atomic mass is 10.4. The maximum Gasteiger partial charge on any atom is 0.323 e. The average molecular weight is 266 g/mol. The minimum Gasteiger partial charge on any atom is -0.480 e. The maximum absolute atomic E-state index is 11.8. The summed E-state index contributed by atoms with van der Waals surface area (Å²) in [6.45, 7) is 4.72. The van der Waals surface area contributed by atoms with Gasteiger partial charge in [0, 0.05) is 12.7 Å². The van der Waals surface area contributed by atoms with Gasteiger partial charge < -0.3 is 19.7 Å². The molecule has 0 unspecified atom stereocenters. The first-order chi connectivity index (χ1) is 9.15. The Labute approximate surface area is 111 Å². The van der Waals surface area contributed by atoms with Crippen molar-refractivity contribution < 1.29 is 19.4 Å². The highest BCUT2D eigenvalue weighted by Gasteiger charge is 2.11. The molecule has 1 amide bonds. The van der Waals surface area contributed by atoms with Crippen LogP contribution in [0.1, 0.15) is 16.9 Å². The van der Waals surface area contributed by atoms with Crippen molar-refractivity contribution in [2.24, 2.45) is 0 Å². The zero-order valence-corrected chi connectivity index (χ0v) is 10.7. The molecule has 0 radical (unpaired) electrons. The second kappa shape index (κ2) is 8.10. The molecule has 2 N–H and O–H groups in total. The maximum atomic E-state index is 11.8. The van der Waals surface area contributed by atoms with E-state index in [2.05, 4.69) is 11.9 Å². The van der Waals surface area contributed by atoms with E-state index in [9.17, 15) is 9.59 Å². The van der Waals surface area contributed by atoms with E-state index < -0.39 is 5.97 Å². The van der Waals surface area contributed by atoms with Crippen LogP contribution in [-0.4, -0.2) is 41.3 Å². The lowest BCUT2D eigenvalue weighted by Crippen LogP contribution is -2.29. The summed E-state index contributed by atoms with van der Waals surface area (Å²) in [5.74, 6) is -1.29. The number of nitrogens with zero attached hydrogens (tertiary/aromatic N) is 1. The van der Waals surface area contributed by atoms with E-state index in [-0.39, 0.29) is 12.5 Å². The van der Waals surface area contributed by atoms with Crippen molar-refractivity contribution in [3.8, 4) is 0 Å². The summed E-state index contributed by atoms with van der Waals surface area (Å²) in [4.78, 5) is 22.4. The highest BCUT2D eigenvalue weighted by molar-refractivity contribution is 5.93. The molecule has 0 aliphatic rings. The molecule has 1 aromatic heterocycles. The van der Waals surface area contributed by atoms with E-state index >= 15 is 0 Å². The SMILES string of the molecule is C=CCCOCCNC(=O)c1cccn1CC(=O)O. The third kappa shape index (κ3) is 5.39. The molecule has 19 heavy (non-hydrogen) atoms. The highest BCUT2D eigenvalue weighted by Crippen LogP contribution is 2.02. The first kappa shape index (κ1) is 15.0. The summed E-state index contributed by atoms with van der Waals surface area (Å²) >= 11 is 0. The Balaban J connectivity index is 2.35. The number of ether oxygens (including phenoxy) is 1. The van der Waals surface area contributed by atoms with Gasteiger partial charge in [0.25, 0.3) is 5.91 Å². The van der Waals surface area contributed by atoms with Gasteiger partial charge in [-0.3, -0.25) is 9.59 Å². The zero-order valence-electron chi connectivity index (χ0n) is 10.7. The van der Waals surface area contributed by atoms with Gasteiger partial charge in [-0.1, -0.05) is 6.08 Å². The van der Waals surface area contributed by atoms with E-state index in [4.69, 9.17) is 9.84 Å². The first-order valence-electron chi connectivity index (χ1n) is 5.99. The van der Waals surface area contributed by atoms with Gasteiger partial charge >= 0.3 is 5.97 Å². The fourth-order valence-corrected chi connectivity index (χ4v) is 1.50. The van der Waals surface area contributed by atoms with E-state index in [1.165, 1.54) is 4.57 Å². The van der Waals surface area contributed by atoms with E-state index in [0.717, 1.165) is 6.42 Å². The van der Waals surface area contributed by atoms with Crippen LogP contribution in [0.5, 0.6) is 0 Å². The number of carboxylic acids is 1. The van der Waals surface area contributed by atoms with Gasteiger partial charge in [-0.2, -0.15) is 0 Å². The third-order valence-corrected chi connectivity index (χ3v) is 2.37. The van der Waals surface area contributed by atoms with Crippen molar-refractivity contribution >= 4 is 11.9 Å². The highest BCUT2D eigenvalue weighted by atomic mass is 16.5. The molecule has 104 valence electrons. The average Bonchev–Trinajstić information content (AvgIpc) is 2.80. The summed E-state index contributed by atoms with van der Waals surface area (Å²) in [6, 6.07) is 3.22. The molecule has 0 aliphatic carbocycles. The Bertz CT molecular complexity index is 440. The molecule has 0 saturated carbocycles.